The maximum Gasteiger partial charge on any atom is 0.267 e. The first-order chi connectivity index (χ1) is 11.8. The van der Waals surface area contributed by atoms with Crippen LogP contribution in [0.15, 0.2) is 23.0 Å². The molecule has 0 bridgehead atoms. The number of likely N-dealkylation sites (tertiary alicyclic amines) is 1. The Morgan fingerprint density at radius 1 is 1.38 bits per heavy atom. The third kappa shape index (κ3) is 4.15. The van der Waals surface area contributed by atoms with Crippen molar-refractivity contribution in [3.05, 3.63) is 24.5 Å². The van der Waals surface area contributed by atoms with Gasteiger partial charge in [0.05, 0.1) is 6.20 Å². The van der Waals surface area contributed by atoms with E-state index in [1.807, 2.05) is 11.8 Å². The van der Waals surface area contributed by atoms with E-state index in [4.69, 9.17) is 4.42 Å². The van der Waals surface area contributed by atoms with E-state index in [2.05, 4.69) is 20.2 Å². The van der Waals surface area contributed by atoms with Crippen molar-refractivity contribution < 1.29 is 9.21 Å². The van der Waals surface area contributed by atoms with Crippen LogP contribution in [-0.2, 0) is 11.2 Å². The van der Waals surface area contributed by atoms with Gasteiger partial charge in [-0.1, -0.05) is 6.92 Å². The van der Waals surface area contributed by atoms with E-state index < -0.39 is 0 Å². The summed E-state index contributed by atoms with van der Waals surface area (Å²) in [6.07, 6.45) is 10.3. The van der Waals surface area contributed by atoms with Crippen LogP contribution in [0, 0.1) is 5.92 Å². The minimum atomic E-state index is 0.282. The van der Waals surface area contributed by atoms with Crippen LogP contribution in [0.4, 0.5) is 0 Å². The topological polar surface area (TPSA) is 85.0 Å². The fraction of sp³-hybridized carbons (Fsp3) is 0.588. The summed E-state index contributed by atoms with van der Waals surface area (Å²) < 4.78 is 5.67. The Hall–Kier alpha value is -2.31. The molecule has 3 heterocycles. The van der Waals surface area contributed by atoms with Crippen molar-refractivity contribution in [2.75, 3.05) is 13.1 Å². The lowest BCUT2D eigenvalue weighted by Crippen LogP contribution is -2.39. The van der Waals surface area contributed by atoms with Crippen LogP contribution < -0.4 is 0 Å². The highest BCUT2D eigenvalue weighted by molar-refractivity contribution is 5.76. The maximum atomic E-state index is 12.1. The molecule has 7 nitrogen and oxygen atoms in total. The van der Waals surface area contributed by atoms with Crippen molar-refractivity contribution >= 4 is 5.91 Å². The lowest BCUT2D eigenvalue weighted by molar-refractivity contribution is -0.133. The molecule has 2 aromatic rings. The van der Waals surface area contributed by atoms with Gasteiger partial charge in [0.25, 0.3) is 5.89 Å². The Bertz CT molecular complexity index is 658. The quantitative estimate of drug-likeness (QED) is 0.809. The molecule has 0 aromatic carbocycles. The number of aryl methyl sites for hydroxylation is 1. The van der Waals surface area contributed by atoms with Gasteiger partial charge in [-0.05, 0) is 31.6 Å². The zero-order valence-electron chi connectivity index (χ0n) is 14.0. The highest BCUT2D eigenvalue weighted by atomic mass is 16.4. The van der Waals surface area contributed by atoms with Gasteiger partial charge < -0.3 is 9.32 Å². The summed E-state index contributed by atoms with van der Waals surface area (Å²) in [7, 11) is 0. The largest absolute Gasteiger partial charge is 0.419 e. The number of nitrogens with zero attached hydrogens (tertiary/aromatic N) is 5. The van der Waals surface area contributed by atoms with Crippen LogP contribution in [0.5, 0.6) is 0 Å². The minimum Gasteiger partial charge on any atom is -0.419 e. The van der Waals surface area contributed by atoms with E-state index in [-0.39, 0.29) is 5.91 Å². The van der Waals surface area contributed by atoms with Crippen LogP contribution in [0.3, 0.4) is 0 Å². The summed E-state index contributed by atoms with van der Waals surface area (Å²) in [5, 5.41) is 8.13. The van der Waals surface area contributed by atoms with Crippen LogP contribution in [0.2, 0.25) is 0 Å². The normalized spacial score (nSPS) is 17.9. The number of rotatable bonds is 6. The van der Waals surface area contributed by atoms with Crippen molar-refractivity contribution in [1.82, 2.24) is 25.1 Å². The SMILES string of the molecule is CCCC(=O)N1CCCC(CCc2nnc(-c3cnccn3)o2)C1. The van der Waals surface area contributed by atoms with Crippen LogP contribution in [0.25, 0.3) is 11.6 Å². The fourth-order valence-electron chi connectivity index (χ4n) is 3.09. The Morgan fingerprint density at radius 2 is 2.29 bits per heavy atom. The average Bonchev–Trinajstić information content (AvgIpc) is 3.10. The second kappa shape index (κ2) is 7.99. The first-order valence-electron chi connectivity index (χ1n) is 8.62. The van der Waals surface area contributed by atoms with Gasteiger partial charge in [-0.3, -0.25) is 9.78 Å². The van der Waals surface area contributed by atoms with Crippen molar-refractivity contribution in [3.63, 3.8) is 0 Å². The molecule has 1 fully saturated rings. The molecule has 0 radical (unpaired) electrons. The van der Waals surface area contributed by atoms with Crippen molar-refractivity contribution in [2.24, 2.45) is 5.92 Å². The molecule has 1 amide bonds. The van der Waals surface area contributed by atoms with Gasteiger partial charge >= 0.3 is 0 Å². The minimum absolute atomic E-state index is 0.282. The number of amides is 1. The Balaban J connectivity index is 1.52. The molecule has 1 unspecified atom stereocenters. The van der Waals surface area contributed by atoms with E-state index >= 15 is 0 Å². The molecule has 24 heavy (non-hydrogen) atoms. The lowest BCUT2D eigenvalue weighted by Gasteiger charge is -2.32. The fourth-order valence-corrected chi connectivity index (χ4v) is 3.09. The van der Waals surface area contributed by atoms with Crippen molar-refractivity contribution in [2.45, 2.75) is 45.4 Å². The molecule has 1 aliphatic heterocycles. The van der Waals surface area contributed by atoms with Crippen LogP contribution in [-0.4, -0.2) is 44.1 Å². The van der Waals surface area contributed by atoms with Gasteiger partial charge in [-0.2, -0.15) is 0 Å². The van der Waals surface area contributed by atoms with Crippen molar-refractivity contribution in [3.8, 4) is 11.6 Å². The monoisotopic (exact) mass is 329 g/mol. The van der Waals surface area contributed by atoms with Gasteiger partial charge in [0.2, 0.25) is 11.8 Å². The van der Waals surface area contributed by atoms with Crippen molar-refractivity contribution in [1.29, 1.82) is 0 Å². The third-order valence-electron chi connectivity index (χ3n) is 4.35. The molecular weight excluding hydrogens is 306 g/mol. The predicted molar refractivity (Wildman–Crippen MR) is 87.9 cm³/mol. The summed E-state index contributed by atoms with van der Waals surface area (Å²) >= 11 is 0. The van der Waals surface area contributed by atoms with E-state index in [9.17, 15) is 4.79 Å². The van der Waals surface area contributed by atoms with E-state index in [1.165, 1.54) is 0 Å². The van der Waals surface area contributed by atoms with Gasteiger partial charge in [-0.25, -0.2) is 4.98 Å². The molecule has 0 N–H and O–H groups in total. The second-order valence-corrected chi connectivity index (χ2v) is 6.23. The molecule has 0 spiro atoms. The predicted octanol–water partition coefficient (Wildman–Crippen LogP) is 2.50. The van der Waals surface area contributed by atoms with Crippen LogP contribution >= 0.6 is 0 Å². The van der Waals surface area contributed by atoms with E-state index in [0.717, 1.165) is 45.2 Å². The highest BCUT2D eigenvalue weighted by Crippen LogP contribution is 2.23. The third-order valence-corrected chi connectivity index (χ3v) is 4.35. The molecule has 2 aromatic heterocycles. The van der Waals surface area contributed by atoms with E-state index in [1.54, 1.807) is 18.6 Å². The zero-order chi connectivity index (χ0) is 16.8. The Kier molecular flexibility index (Phi) is 5.51. The summed E-state index contributed by atoms with van der Waals surface area (Å²) in [5.74, 6) is 1.81. The first-order valence-corrected chi connectivity index (χ1v) is 8.62. The molecule has 0 aliphatic carbocycles. The number of hydrogen-bond donors (Lipinski definition) is 0. The summed E-state index contributed by atoms with van der Waals surface area (Å²) in [4.78, 5) is 22.2. The first kappa shape index (κ1) is 16.5. The average molecular weight is 329 g/mol. The summed E-state index contributed by atoms with van der Waals surface area (Å²) in [5.41, 5.74) is 0.588. The molecule has 3 rings (SSSR count). The molecule has 0 saturated carbocycles. The number of piperidine rings is 1. The molecular formula is C17H23N5O2. The zero-order valence-corrected chi connectivity index (χ0v) is 14.0. The number of carbonyl (C=O) groups is 1. The van der Waals surface area contributed by atoms with Crippen LogP contribution in [0.1, 0.15) is 44.9 Å². The Labute approximate surface area is 141 Å². The van der Waals surface area contributed by atoms with Gasteiger partial charge in [0.15, 0.2) is 0 Å². The maximum absolute atomic E-state index is 12.1. The second-order valence-electron chi connectivity index (χ2n) is 6.23. The number of carbonyl (C=O) groups excluding carboxylic acids is 1. The molecule has 7 heteroatoms. The van der Waals surface area contributed by atoms with Gasteiger partial charge in [0, 0.05) is 38.3 Å². The molecule has 1 aliphatic rings. The standard InChI is InChI=1S/C17H23N5O2/c1-2-4-16(23)22-10-3-5-13(12-22)6-7-15-20-21-17(24-15)14-11-18-8-9-19-14/h8-9,11,13H,2-7,10,12H2,1H3. The highest BCUT2D eigenvalue weighted by Gasteiger charge is 2.23. The molecule has 1 atom stereocenters. The van der Waals surface area contributed by atoms with Gasteiger partial charge in [-0.15, -0.1) is 10.2 Å². The smallest absolute Gasteiger partial charge is 0.267 e. The molecule has 128 valence electrons. The summed E-state index contributed by atoms with van der Waals surface area (Å²) in [6.45, 7) is 3.79. The lowest BCUT2D eigenvalue weighted by atomic mass is 9.93. The number of aromatic nitrogens is 4. The Morgan fingerprint density at radius 3 is 3.08 bits per heavy atom. The van der Waals surface area contributed by atoms with Gasteiger partial charge in [0.1, 0.15) is 5.69 Å². The van der Waals surface area contributed by atoms with E-state index in [0.29, 0.717) is 29.8 Å². The molecule has 1 saturated heterocycles. The summed E-state index contributed by atoms with van der Waals surface area (Å²) in [6, 6.07) is 0. The number of hydrogen-bond acceptors (Lipinski definition) is 6.